The van der Waals surface area contributed by atoms with Crippen molar-refractivity contribution >= 4 is 44.6 Å². The Bertz CT molecular complexity index is 1950. The second kappa shape index (κ2) is 12.3. The minimum Gasteiger partial charge on any atom is -0.497 e. The molecule has 5 aromatic rings. The summed E-state index contributed by atoms with van der Waals surface area (Å²) in [6, 6.07) is 32.1. The molecule has 6 rings (SSSR count). The number of carbonyl (C=O) groups is 1. The van der Waals surface area contributed by atoms with Crippen LogP contribution in [0.15, 0.2) is 120 Å². The van der Waals surface area contributed by atoms with Crippen molar-refractivity contribution in [3.63, 3.8) is 0 Å². The van der Waals surface area contributed by atoms with Crippen LogP contribution in [0.1, 0.15) is 33.2 Å². The van der Waals surface area contributed by atoms with Crippen LogP contribution in [0, 0.1) is 12.7 Å². The van der Waals surface area contributed by atoms with Gasteiger partial charge in [-0.3, -0.25) is 14.4 Å². The van der Waals surface area contributed by atoms with Gasteiger partial charge in [0.25, 0.3) is 15.9 Å². The summed E-state index contributed by atoms with van der Waals surface area (Å²) in [6.45, 7) is 2.20. The molecule has 228 valence electrons. The predicted octanol–water partition coefficient (Wildman–Crippen LogP) is 7.96. The first-order chi connectivity index (χ1) is 21.7. The van der Waals surface area contributed by atoms with Gasteiger partial charge in [-0.05, 0) is 79.2 Å². The number of hydrogen-bond acceptors (Lipinski definition) is 5. The van der Waals surface area contributed by atoms with E-state index in [9.17, 15) is 13.2 Å². The molecule has 45 heavy (non-hydrogen) atoms. The molecule has 7 nitrogen and oxygen atoms in total. The van der Waals surface area contributed by atoms with E-state index >= 15 is 4.39 Å². The number of nitrogens with zero attached hydrogens (tertiary/aromatic N) is 2. The highest BCUT2D eigenvalue weighted by Crippen LogP contribution is 2.45. The van der Waals surface area contributed by atoms with Crippen molar-refractivity contribution in [2.75, 3.05) is 21.6 Å². The van der Waals surface area contributed by atoms with Gasteiger partial charge < -0.3 is 9.64 Å². The van der Waals surface area contributed by atoms with Crippen molar-refractivity contribution in [2.45, 2.75) is 24.5 Å². The van der Waals surface area contributed by atoms with Crippen molar-refractivity contribution in [1.29, 1.82) is 0 Å². The number of anilines is 3. The zero-order valence-corrected chi connectivity index (χ0v) is 26.0. The maximum Gasteiger partial charge on any atom is 0.262 e. The number of amides is 1. The SMILES string of the molecule is COc1ccc(NS(=O)(=O)c2ccc3c(c2)C(=O)N(c2ccc(C)cc2)[C@@H](c2c(F)cccc2Cl)N3Cc2ccccc2)cc1. The van der Waals surface area contributed by atoms with Crippen LogP contribution in [0.4, 0.5) is 21.5 Å². The smallest absolute Gasteiger partial charge is 0.262 e. The lowest BCUT2D eigenvalue weighted by atomic mass is 9.98. The van der Waals surface area contributed by atoms with E-state index in [2.05, 4.69) is 4.72 Å². The first-order valence-corrected chi connectivity index (χ1v) is 16.0. The Morgan fingerprint density at radius 2 is 1.60 bits per heavy atom. The molecule has 0 unspecified atom stereocenters. The minimum atomic E-state index is -4.09. The van der Waals surface area contributed by atoms with Crippen LogP contribution in [0.2, 0.25) is 5.02 Å². The molecule has 1 N–H and O–H groups in total. The van der Waals surface area contributed by atoms with E-state index < -0.39 is 27.9 Å². The number of carbonyl (C=O) groups excluding carboxylic acids is 1. The number of aryl methyl sites for hydroxylation is 1. The monoisotopic (exact) mass is 641 g/mol. The van der Waals surface area contributed by atoms with Crippen LogP contribution >= 0.6 is 11.6 Å². The number of halogens is 2. The standard InChI is InChI=1S/C35H29ClFN3O4S/c1-23-11-15-26(16-12-23)40-34(33-30(36)9-6-10-31(33)37)39(22-24-7-4-3-5-8-24)32-20-19-28(21-29(32)35(40)41)45(42,43)38-25-13-17-27(44-2)18-14-25/h3-21,34,38H,22H2,1-2H3/t34-/m0/s1. The van der Waals surface area contributed by atoms with E-state index in [1.807, 2.05) is 54.3 Å². The van der Waals surface area contributed by atoms with Gasteiger partial charge in [-0.25, -0.2) is 12.8 Å². The molecule has 10 heteroatoms. The third-order valence-electron chi connectivity index (χ3n) is 7.68. The summed E-state index contributed by atoms with van der Waals surface area (Å²) in [5.41, 5.74) is 3.44. The van der Waals surface area contributed by atoms with Gasteiger partial charge in [0, 0.05) is 23.5 Å². The largest absolute Gasteiger partial charge is 0.497 e. The molecule has 0 saturated carbocycles. The summed E-state index contributed by atoms with van der Waals surface area (Å²) in [4.78, 5) is 17.8. The fraction of sp³-hybridized carbons (Fsp3) is 0.114. The second-order valence-corrected chi connectivity index (χ2v) is 12.7. The van der Waals surface area contributed by atoms with Gasteiger partial charge in [-0.1, -0.05) is 65.7 Å². The van der Waals surface area contributed by atoms with E-state index in [1.165, 1.54) is 36.3 Å². The highest BCUT2D eigenvalue weighted by Gasteiger charge is 2.42. The molecule has 1 amide bonds. The maximum absolute atomic E-state index is 15.7. The van der Waals surface area contributed by atoms with Crippen molar-refractivity contribution in [3.8, 4) is 5.75 Å². The van der Waals surface area contributed by atoms with Crippen LogP contribution in [-0.2, 0) is 16.6 Å². The van der Waals surface area contributed by atoms with Gasteiger partial charge in [0.1, 0.15) is 17.7 Å². The van der Waals surface area contributed by atoms with Gasteiger partial charge in [-0.2, -0.15) is 0 Å². The van der Waals surface area contributed by atoms with Crippen LogP contribution < -0.4 is 19.3 Å². The van der Waals surface area contributed by atoms with E-state index in [4.69, 9.17) is 16.3 Å². The number of sulfonamides is 1. The van der Waals surface area contributed by atoms with Crippen molar-refractivity contribution < 1.29 is 22.3 Å². The van der Waals surface area contributed by atoms with Gasteiger partial charge in [0.05, 0.1) is 28.3 Å². The highest BCUT2D eigenvalue weighted by molar-refractivity contribution is 7.92. The first kappa shape index (κ1) is 30.2. The summed E-state index contributed by atoms with van der Waals surface area (Å²) in [7, 11) is -2.57. The number of benzene rings is 5. The highest BCUT2D eigenvalue weighted by atomic mass is 35.5. The predicted molar refractivity (Wildman–Crippen MR) is 175 cm³/mol. The number of rotatable bonds is 8. The Balaban J connectivity index is 1.53. The van der Waals surface area contributed by atoms with Gasteiger partial charge >= 0.3 is 0 Å². The molecule has 0 spiro atoms. The maximum atomic E-state index is 15.7. The Hall–Kier alpha value is -4.86. The molecule has 5 aromatic carbocycles. The van der Waals surface area contributed by atoms with E-state index in [1.54, 1.807) is 48.5 Å². The molecule has 1 heterocycles. The van der Waals surface area contributed by atoms with Crippen molar-refractivity contribution in [2.24, 2.45) is 0 Å². The summed E-state index contributed by atoms with van der Waals surface area (Å²) >= 11 is 6.66. The quantitative estimate of drug-likeness (QED) is 0.186. The molecular weight excluding hydrogens is 613 g/mol. The lowest BCUT2D eigenvalue weighted by Gasteiger charge is -2.46. The molecule has 0 radical (unpaired) electrons. The lowest BCUT2D eigenvalue weighted by molar-refractivity contribution is 0.0967. The Morgan fingerprint density at radius 1 is 0.889 bits per heavy atom. The van der Waals surface area contributed by atoms with Crippen molar-refractivity contribution in [3.05, 3.63) is 148 Å². The first-order valence-electron chi connectivity index (χ1n) is 14.1. The molecule has 0 aromatic heterocycles. The summed E-state index contributed by atoms with van der Waals surface area (Å²) in [5, 5.41) is 0.161. The van der Waals surface area contributed by atoms with Crippen molar-refractivity contribution in [1.82, 2.24) is 0 Å². The van der Waals surface area contributed by atoms with Gasteiger partial charge in [0.2, 0.25) is 0 Å². The third kappa shape index (κ3) is 5.96. The number of methoxy groups -OCH3 is 1. The molecule has 0 fully saturated rings. The zero-order valence-electron chi connectivity index (χ0n) is 24.4. The topological polar surface area (TPSA) is 78.9 Å². The lowest BCUT2D eigenvalue weighted by Crippen LogP contribution is -2.50. The molecule has 1 aliphatic heterocycles. The second-order valence-electron chi connectivity index (χ2n) is 10.6. The van der Waals surface area contributed by atoms with Crippen LogP contribution in [0.25, 0.3) is 0 Å². The average Bonchev–Trinajstić information content (AvgIpc) is 3.04. The molecule has 0 bridgehead atoms. The summed E-state index contributed by atoms with van der Waals surface area (Å²) in [6.07, 6.45) is -0.985. The van der Waals surface area contributed by atoms with Gasteiger partial charge in [-0.15, -0.1) is 0 Å². The number of ether oxygens (including phenoxy) is 1. The van der Waals surface area contributed by atoms with Crippen LogP contribution in [0.5, 0.6) is 5.75 Å². The summed E-state index contributed by atoms with van der Waals surface area (Å²) < 4.78 is 50.5. The van der Waals surface area contributed by atoms with Gasteiger partial charge in [0.15, 0.2) is 0 Å². The zero-order chi connectivity index (χ0) is 31.7. The Morgan fingerprint density at radius 3 is 2.27 bits per heavy atom. The fourth-order valence-electron chi connectivity index (χ4n) is 5.45. The van der Waals surface area contributed by atoms with Crippen LogP contribution in [-0.4, -0.2) is 21.4 Å². The third-order valence-corrected chi connectivity index (χ3v) is 9.39. The summed E-state index contributed by atoms with van der Waals surface area (Å²) in [5.74, 6) is -0.484. The van der Waals surface area contributed by atoms with E-state index in [-0.39, 0.29) is 27.6 Å². The normalized spacial score (nSPS) is 14.7. The number of hydrogen-bond donors (Lipinski definition) is 1. The fourth-order valence-corrected chi connectivity index (χ4v) is 6.79. The Labute approximate surface area is 266 Å². The Kier molecular flexibility index (Phi) is 8.22. The molecule has 1 atom stereocenters. The number of fused-ring (bicyclic) bond motifs is 1. The molecule has 0 saturated heterocycles. The number of nitrogens with one attached hydrogen (secondary N) is 1. The molecular formula is C35H29ClFN3O4S. The van der Waals surface area contributed by atoms with E-state index in [0.29, 0.717) is 22.8 Å². The van der Waals surface area contributed by atoms with E-state index in [0.717, 1.165) is 11.1 Å². The molecule has 1 aliphatic rings. The van der Waals surface area contributed by atoms with Crippen LogP contribution in [0.3, 0.4) is 0 Å². The molecule has 0 aliphatic carbocycles. The average molecular weight is 642 g/mol. The minimum absolute atomic E-state index is 0.101.